The predicted molar refractivity (Wildman–Crippen MR) is 80.2 cm³/mol. The average Bonchev–Trinajstić information content (AvgIpc) is 2.53. The lowest BCUT2D eigenvalue weighted by Crippen LogP contribution is -2.00. The van der Waals surface area contributed by atoms with E-state index in [9.17, 15) is 9.90 Å². The maximum atomic E-state index is 11.5. The number of phenolic OH excluding ortho intramolecular Hbond substituents is 1. The van der Waals surface area contributed by atoms with Crippen molar-refractivity contribution in [1.29, 1.82) is 0 Å². The van der Waals surface area contributed by atoms with Gasteiger partial charge in [-0.25, -0.2) is 4.79 Å². The first-order chi connectivity index (χ1) is 10.2. The highest BCUT2D eigenvalue weighted by atomic mass is 16.5. The van der Waals surface area contributed by atoms with Crippen LogP contribution < -0.4 is 0 Å². The van der Waals surface area contributed by atoms with Gasteiger partial charge in [0.25, 0.3) is 0 Å². The molecule has 0 amide bonds. The first-order valence-electron chi connectivity index (χ1n) is 6.45. The summed E-state index contributed by atoms with van der Waals surface area (Å²) in [5.74, 6) is -0.439. The molecule has 104 valence electrons. The fraction of sp³-hybridized carbons (Fsp3) is 0.0588. The van der Waals surface area contributed by atoms with Gasteiger partial charge in [-0.3, -0.25) is 4.98 Å². The molecule has 0 fully saturated rings. The fourth-order valence-corrected chi connectivity index (χ4v) is 2.35. The third-order valence-electron chi connectivity index (χ3n) is 3.39. The Balaban J connectivity index is 2.17. The number of phenols is 1. The van der Waals surface area contributed by atoms with Crippen molar-refractivity contribution in [2.45, 2.75) is 0 Å². The molecule has 3 aromatic rings. The number of aromatic hydroxyl groups is 1. The molecule has 4 nitrogen and oxygen atoms in total. The number of carbonyl (C=O) groups is 1. The molecule has 4 heteroatoms. The van der Waals surface area contributed by atoms with Crippen LogP contribution >= 0.6 is 0 Å². The predicted octanol–water partition coefficient (Wildman–Crippen LogP) is 3.39. The summed E-state index contributed by atoms with van der Waals surface area (Å²) in [6.45, 7) is 0. The smallest absolute Gasteiger partial charge is 0.337 e. The number of nitrogens with zero attached hydrogens (tertiary/aromatic N) is 1. The Morgan fingerprint density at radius 1 is 1.14 bits per heavy atom. The fourth-order valence-electron chi connectivity index (χ4n) is 2.35. The van der Waals surface area contributed by atoms with Gasteiger partial charge in [0.05, 0.1) is 12.7 Å². The number of pyridine rings is 1. The second-order valence-electron chi connectivity index (χ2n) is 4.63. The van der Waals surface area contributed by atoms with Gasteiger partial charge >= 0.3 is 5.97 Å². The van der Waals surface area contributed by atoms with Crippen LogP contribution in [0.2, 0.25) is 0 Å². The van der Waals surface area contributed by atoms with E-state index in [2.05, 4.69) is 9.72 Å². The van der Waals surface area contributed by atoms with Crippen molar-refractivity contribution in [2.24, 2.45) is 0 Å². The number of hydrogen-bond donors (Lipinski definition) is 1. The maximum absolute atomic E-state index is 11.5. The van der Waals surface area contributed by atoms with Gasteiger partial charge in [-0.05, 0) is 35.2 Å². The molecular formula is C17H13NO3. The van der Waals surface area contributed by atoms with E-state index in [0.717, 1.165) is 16.3 Å². The minimum atomic E-state index is -0.476. The second-order valence-corrected chi connectivity index (χ2v) is 4.63. The Bertz CT molecular complexity index is 822. The Labute approximate surface area is 121 Å². The van der Waals surface area contributed by atoms with Crippen molar-refractivity contribution in [3.8, 4) is 16.9 Å². The third kappa shape index (κ3) is 2.31. The van der Waals surface area contributed by atoms with Crippen molar-refractivity contribution < 1.29 is 14.6 Å². The van der Waals surface area contributed by atoms with Crippen molar-refractivity contribution >= 4 is 16.7 Å². The molecule has 0 aliphatic heterocycles. The van der Waals surface area contributed by atoms with E-state index in [-0.39, 0.29) is 5.75 Å². The molecule has 0 atom stereocenters. The summed E-state index contributed by atoms with van der Waals surface area (Å²) in [4.78, 5) is 15.6. The zero-order valence-electron chi connectivity index (χ0n) is 11.4. The number of fused-ring (bicyclic) bond motifs is 1. The topological polar surface area (TPSA) is 59.4 Å². The number of carbonyl (C=O) groups excluding carboxylic acids is 1. The molecule has 0 saturated carbocycles. The lowest BCUT2D eigenvalue weighted by molar-refractivity contribution is 0.0600. The Hall–Kier alpha value is -2.88. The molecule has 0 aliphatic rings. The second kappa shape index (κ2) is 5.25. The van der Waals surface area contributed by atoms with E-state index in [4.69, 9.17) is 0 Å². The number of ether oxygens (including phenoxy) is 1. The number of benzene rings is 2. The molecule has 3 rings (SSSR count). The van der Waals surface area contributed by atoms with Gasteiger partial charge in [-0.2, -0.15) is 0 Å². The average molecular weight is 279 g/mol. The van der Waals surface area contributed by atoms with Gasteiger partial charge in [0.1, 0.15) is 5.75 Å². The molecule has 1 aromatic heterocycles. The highest BCUT2D eigenvalue weighted by Gasteiger charge is 2.12. The minimum absolute atomic E-state index is 0.0363. The standard InChI is InChI=1S/C17H13NO3/c1-21-17(20)12-5-6-14(16(19)9-12)13-4-2-3-11-7-8-18-10-15(11)13/h2-10,19H,1H3. The highest BCUT2D eigenvalue weighted by Crippen LogP contribution is 2.34. The lowest BCUT2D eigenvalue weighted by Gasteiger charge is -2.09. The SMILES string of the molecule is COC(=O)c1ccc(-c2cccc3ccncc23)c(O)c1. The van der Waals surface area contributed by atoms with E-state index in [1.54, 1.807) is 24.5 Å². The molecule has 0 aliphatic carbocycles. The van der Waals surface area contributed by atoms with E-state index >= 15 is 0 Å². The minimum Gasteiger partial charge on any atom is -0.507 e. The van der Waals surface area contributed by atoms with Crippen LogP contribution in [0.5, 0.6) is 5.75 Å². The van der Waals surface area contributed by atoms with Crippen molar-refractivity contribution in [3.05, 3.63) is 60.4 Å². The van der Waals surface area contributed by atoms with Crippen LogP contribution in [0, 0.1) is 0 Å². The zero-order valence-corrected chi connectivity index (χ0v) is 11.4. The quantitative estimate of drug-likeness (QED) is 0.730. The van der Waals surface area contributed by atoms with Crippen LogP contribution in [0.4, 0.5) is 0 Å². The van der Waals surface area contributed by atoms with Crippen LogP contribution in [-0.2, 0) is 4.74 Å². The van der Waals surface area contributed by atoms with Crippen molar-refractivity contribution in [2.75, 3.05) is 7.11 Å². The molecule has 0 radical (unpaired) electrons. The molecular weight excluding hydrogens is 266 g/mol. The van der Waals surface area contributed by atoms with E-state index in [1.165, 1.54) is 13.2 Å². The summed E-state index contributed by atoms with van der Waals surface area (Å²) in [6.07, 6.45) is 3.49. The number of esters is 1. The molecule has 21 heavy (non-hydrogen) atoms. The van der Waals surface area contributed by atoms with E-state index in [1.807, 2.05) is 24.3 Å². The molecule has 0 saturated heterocycles. The Morgan fingerprint density at radius 3 is 2.76 bits per heavy atom. The van der Waals surface area contributed by atoms with Crippen LogP contribution in [0.15, 0.2) is 54.9 Å². The number of methoxy groups -OCH3 is 1. The number of aromatic nitrogens is 1. The first kappa shape index (κ1) is 13.1. The van der Waals surface area contributed by atoms with Crippen molar-refractivity contribution in [3.63, 3.8) is 0 Å². The number of rotatable bonds is 2. The zero-order chi connectivity index (χ0) is 14.8. The summed E-state index contributed by atoms with van der Waals surface area (Å²) in [7, 11) is 1.31. The lowest BCUT2D eigenvalue weighted by atomic mass is 9.98. The van der Waals surface area contributed by atoms with Gasteiger partial charge in [0.15, 0.2) is 0 Å². The number of hydrogen-bond acceptors (Lipinski definition) is 4. The summed E-state index contributed by atoms with van der Waals surface area (Å²) < 4.78 is 4.65. The monoisotopic (exact) mass is 279 g/mol. The molecule has 1 heterocycles. The van der Waals surface area contributed by atoms with Crippen LogP contribution in [0.1, 0.15) is 10.4 Å². The normalized spacial score (nSPS) is 10.5. The van der Waals surface area contributed by atoms with Gasteiger partial charge in [-0.1, -0.05) is 18.2 Å². The third-order valence-corrected chi connectivity index (χ3v) is 3.39. The van der Waals surface area contributed by atoms with Gasteiger partial charge in [0.2, 0.25) is 0 Å². The molecule has 2 aromatic carbocycles. The summed E-state index contributed by atoms with van der Waals surface area (Å²) in [5.41, 5.74) is 1.84. The van der Waals surface area contributed by atoms with Gasteiger partial charge in [0, 0.05) is 23.3 Å². The summed E-state index contributed by atoms with van der Waals surface area (Å²) >= 11 is 0. The maximum Gasteiger partial charge on any atom is 0.337 e. The van der Waals surface area contributed by atoms with Crippen molar-refractivity contribution in [1.82, 2.24) is 4.98 Å². The van der Waals surface area contributed by atoms with E-state index in [0.29, 0.717) is 11.1 Å². The largest absolute Gasteiger partial charge is 0.507 e. The molecule has 1 N–H and O–H groups in total. The molecule has 0 unspecified atom stereocenters. The van der Waals surface area contributed by atoms with Gasteiger partial charge < -0.3 is 9.84 Å². The first-order valence-corrected chi connectivity index (χ1v) is 6.45. The van der Waals surface area contributed by atoms with Crippen LogP contribution in [-0.4, -0.2) is 23.2 Å². The summed E-state index contributed by atoms with van der Waals surface area (Å²) in [6, 6.07) is 12.5. The summed E-state index contributed by atoms with van der Waals surface area (Å²) in [5, 5.41) is 12.2. The molecule has 0 bridgehead atoms. The van der Waals surface area contributed by atoms with Gasteiger partial charge in [-0.15, -0.1) is 0 Å². The van der Waals surface area contributed by atoms with E-state index < -0.39 is 5.97 Å². The van der Waals surface area contributed by atoms with Crippen LogP contribution in [0.3, 0.4) is 0 Å². The highest BCUT2D eigenvalue weighted by molar-refractivity contribution is 5.98. The molecule has 0 spiro atoms. The Kier molecular flexibility index (Phi) is 3.28. The Morgan fingerprint density at radius 2 is 2.00 bits per heavy atom. The van der Waals surface area contributed by atoms with Crippen LogP contribution in [0.25, 0.3) is 21.9 Å².